The van der Waals surface area contributed by atoms with Gasteiger partial charge in [-0.2, -0.15) is 13.2 Å². The first-order valence-electron chi connectivity index (χ1n) is 4.28. The number of hydrogen-bond donors (Lipinski definition) is 0. The van der Waals surface area contributed by atoms with Gasteiger partial charge in [-0.15, -0.1) is 0 Å². The number of alkyl halides is 3. The zero-order chi connectivity index (χ0) is 10.5. The molecule has 0 radical (unpaired) electrons. The standard InChI is InChI=1S/C9H14F4/c1-3-7(2)6-8(10)4-5-9(11,12)13/h6-7H,3-5H2,1-2H3/b8-6-. The van der Waals surface area contributed by atoms with Gasteiger partial charge in [-0.25, -0.2) is 4.39 Å². The molecule has 4 heteroatoms. The molecule has 0 aliphatic rings. The molecule has 0 aliphatic heterocycles. The minimum absolute atomic E-state index is 0.00762. The summed E-state index contributed by atoms with van der Waals surface area (Å²) in [5.41, 5.74) is 0. The molecule has 0 aliphatic carbocycles. The molecule has 0 amide bonds. The first-order valence-corrected chi connectivity index (χ1v) is 4.28. The summed E-state index contributed by atoms with van der Waals surface area (Å²) >= 11 is 0. The highest BCUT2D eigenvalue weighted by Gasteiger charge is 2.26. The number of rotatable bonds is 4. The molecule has 1 unspecified atom stereocenters. The van der Waals surface area contributed by atoms with Crippen molar-refractivity contribution in [2.75, 3.05) is 0 Å². The van der Waals surface area contributed by atoms with Gasteiger partial charge in [0.05, 0.1) is 5.83 Å². The summed E-state index contributed by atoms with van der Waals surface area (Å²) < 4.78 is 47.7. The number of allylic oxidation sites excluding steroid dienone is 2. The van der Waals surface area contributed by atoms with Gasteiger partial charge < -0.3 is 0 Å². The van der Waals surface area contributed by atoms with Crippen molar-refractivity contribution in [1.82, 2.24) is 0 Å². The molecule has 0 N–H and O–H groups in total. The fourth-order valence-electron chi connectivity index (χ4n) is 0.771. The van der Waals surface area contributed by atoms with E-state index < -0.39 is 24.8 Å². The monoisotopic (exact) mass is 198 g/mol. The third kappa shape index (κ3) is 7.81. The van der Waals surface area contributed by atoms with Crippen LogP contribution in [0, 0.1) is 5.92 Å². The second-order valence-corrected chi connectivity index (χ2v) is 3.11. The molecule has 0 aromatic heterocycles. The molecule has 0 heterocycles. The van der Waals surface area contributed by atoms with Crippen molar-refractivity contribution in [2.45, 2.75) is 39.3 Å². The Labute approximate surface area is 75.6 Å². The van der Waals surface area contributed by atoms with Crippen molar-refractivity contribution >= 4 is 0 Å². The van der Waals surface area contributed by atoms with Gasteiger partial charge in [0.15, 0.2) is 0 Å². The molecule has 0 fully saturated rings. The first kappa shape index (κ1) is 12.5. The zero-order valence-corrected chi connectivity index (χ0v) is 7.79. The van der Waals surface area contributed by atoms with Crippen LogP contribution < -0.4 is 0 Å². The van der Waals surface area contributed by atoms with Gasteiger partial charge in [-0.1, -0.05) is 19.9 Å². The largest absolute Gasteiger partial charge is 0.389 e. The molecule has 0 aromatic carbocycles. The van der Waals surface area contributed by atoms with Crippen molar-refractivity contribution in [3.8, 4) is 0 Å². The van der Waals surface area contributed by atoms with Crippen molar-refractivity contribution in [2.24, 2.45) is 5.92 Å². The van der Waals surface area contributed by atoms with Crippen molar-refractivity contribution in [3.05, 3.63) is 11.9 Å². The lowest BCUT2D eigenvalue weighted by atomic mass is 10.1. The summed E-state index contributed by atoms with van der Waals surface area (Å²) in [7, 11) is 0. The molecule has 0 bridgehead atoms. The summed E-state index contributed by atoms with van der Waals surface area (Å²) in [6, 6.07) is 0. The summed E-state index contributed by atoms with van der Waals surface area (Å²) in [5.74, 6) is -0.653. The lowest BCUT2D eigenvalue weighted by molar-refractivity contribution is -0.134. The highest BCUT2D eigenvalue weighted by molar-refractivity contribution is 4.94. The summed E-state index contributed by atoms with van der Waals surface area (Å²) in [4.78, 5) is 0. The molecule has 0 aromatic rings. The average molecular weight is 198 g/mol. The van der Waals surface area contributed by atoms with E-state index in [2.05, 4.69) is 0 Å². The lowest BCUT2D eigenvalue weighted by Crippen LogP contribution is -2.06. The third-order valence-electron chi connectivity index (χ3n) is 1.76. The predicted octanol–water partition coefficient (Wildman–Crippen LogP) is 4.23. The molecule has 78 valence electrons. The van der Waals surface area contributed by atoms with Gasteiger partial charge >= 0.3 is 6.18 Å². The molecule has 0 saturated carbocycles. The molecule has 0 saturated heterocycles. The van der Waals surface area contributed by atoms with Crippen LogP contribution in [0.2, 0.25) is 0 Å². The van der Waals surface area contributed by atoms with Gasteiger partial charge in [0.1, 0.15) is 0 Å². The SMILES string of the molecule is CCC(C)/C=C(\F)CCC(F)(F)F. The quantitative estimate of drug-likeness (QED) is 0.593. The Morgan fingerprint density at radius 3 is 2.31 bits per heavy atom. The van der Waals surface area contributed by atoms with Gasteiger partial charge in [-0.3, -0.25) is 0 Å². The molecule has 0 rings (SSSR count). The Balaban J connectivity index is 3.87. The molecular weight excluding hydrogens is 184 g/mol. The Hall–Kier alpha value is -0.540. The molecule has 13 heavy (non-hydrogen) atoms. The van der Waals surface area contributed by atoms with E-state index in [9.17, 15) is 17.6 Å². The lowest BCUT2D eigenvalue weighted by Gasteiger charge is -2.05. The number of hydrogen-bond acceptors (Lipinski definition) is 0. The minimum Gasteiger partial charge on any atom is -0.212 e. The van der Waals surface area contributed by atoms with E-state index in [0.717, 1.165) is 6.42 Å². The van der Waals surface area contributed by atoms with Crippen molar-refractivity contribution in [3.63, 3.8) is 0 Å². The van der Waals surface area contributed by atoms with E-state index >= 15 is 0 Å². The topological polar surface area (TPSA) is 0 Å². The average Bonchev–Trinajstić information content (AvgIpc) is 1.99. The maximum atomic E-state index is 12.7. The van der Waals surface area contributed by atoms with E-state index in [1.165, 1.54) is 6.08 Å². The maximum absolute atomic E-state index is 12.7. The van der Waals surface area contributed by atoms with Crippen LogP contribution in [0.1, 0.15) is 33.1 Å². The van der Waals surface area contributed by atoms with E-state index in [-0.39, 0.29) is 5.92 Å². The summed E-state index contributed by atoms with van der Waals surface area (Å²) in [6.07, 6.45) is -3.88. The molecule has 0 spiro atoms. The fourth-order valence-corrected chi connectivity index (χ4v) is 0.771. The smallest absolute Gasteiger partial charge is 0.212 e. The second-order valence-electron chi connectivity index (χ2n) is 3.11. The Kier molecular flexibility index (Phi) is 5.03. The van der Waals surface area contributed by atoms with Crippen molar-refractivity contribution < 1.29 is 17.6 Å². The van der Waals surface area contributed by atoms with Gasteiger partial charge in [0, 0.05) is 12.8 Å². The summed E-state index contributed by atoms with van der Waals surface area (Å²) in [6.45, 7) is 3.63. The first-order chi connectivity index (χ1) is 5.85. The van der Waals surface area contributed by atoms with E-state index in [1.54, 1.807) is 6.92 Å². The predicted molar refractivity (Wildman–Crippen MR) is 43.9 cm³/mol. The zero-order valence-electron chi connectivity index (χ0n) is 7.79. The van der Waals surface area contributed by atoms with Crippen LogP contribution in [0.5, 0.6) is 0 Å². The van der Waals surface area contributed by atoms with E-state index in [1.807, 2.05) is 6.92 Å². The highest BCUT2D eigenvalue weighted by Crippen LogP contribution is 2.25. The molecule has 1 atom stereocenters. The number of halogens is 4. The van der Waals surface area contributed by atoms with Crippen LogP contribution in [0.3, 0.4) is 0 Å². The van der Waals surface area contributed by atoms with Gasteiger partial charge in [-0.05, 0) is 12.3 Å². The van der Waals surface area contributed by atoms with E-state index in [4.69, 9.17) is 0 Å². The van der Waals surface area contributed by atoms with Gasteiger partial charge in [0.2, 0.25) is 0 Å². The Morgan fingerprint density at radius 1 is 1.38 bits per heavy atom. The van der Waals surface area contributed by atoms with Crippen LogP contribution >= 0.6 is 0 Å². The van der Waals surface area contributed by atoms with Crippen LogP contribution in [0.4, 0.5) is 17.6 Å². The molecule has 0 nitrogen and oxygen atoms in total. The van der Waals surface area contributed by atoms with Crippen LogP contribution in [0.25, 0.3) is 0 Å². The van der Waals surface area contributed by atoms with Crippen LogP contribution in [-0.2, 0) is 0 Å². The van der Waals surface area contributed by atoms with Crippen molar-refractivity contribution in [1.29, 1.82) is 0 Å². The van der Waals surface area contributed by atoms with Gasteiger partial charge in [0.25, 0.3) is 0 Å². The van der Waals surface area contributed by atoms with Crippen LogP contribution in [-0.4, -0.2) is 6.18 Å². The molecular formula is C9H14F4. The van der Waals surface area contributed by atoms with Crippen LogP contribution in [0.15, 0.2) is 11.9 Å². The Bertz CT molecular complexity index is 169. The fraction of sp³-hybridized carbons (Fsp3) is 0.778. The normalized spacial score (nSPS) is 16.0. The minimum atomic E-state index is -4.26. The Morgan fingerprint density at radius 2 is 1.92 bits per heavy atom. The maximum Gasteiger partial charge on any atom is 0.389 e. The summed E-state index contributed by atoms with van der Waals surface area (Å²) in [5, 5.41) is 0. The van der Waals surface area contributed by atoms with E-state index in [0.29, 0.717) is 0 Å². The second kappa shape index (κ2) is 5.25. The highest BCUT2D eigenvalue weighted by atomic mass is 19.4. The third-order valence-corrected chi connectivity index (χ3v) is 1.76.